The first kappa shape index (κ1) is 37.3. The summed E-state index contributed by atoms with van der Waals surface area (Å²) in [4.78, 5) is 50.5. The molecular formula is C42H44N6O8. The number of aromatic nitrogens is 3. The third kappa shape index (κ3) is 7.86. The van der Waals surface area contributed by atoms with Gasteiger partial charge in [-0.05, 0) is 54.8 Å². The molecular weight excluding hydrogens is 716 g/mol. The summed E-state index contributed by atoms with van der Waals surface area (Å²) in [7, 11) is 2.08. The average Bonchev–Trinajstić information content (AvgIpc) is 3.62. The van der Waals surface area contributed by atoms with E-state index in [1.54, 1.807) is 12.1 Å². The molecule has 14 nitrogen and oxygen atoms in total. The molecule has 290 valence electrons. The van der Waals surface area contributed by atoms with Crippen LogP contribution >= 0.6 is 0 Å². The van der Waals surface area contributed by atoms with Crippen molar-refractivity contribution >= 4 is 39.5 Å². The number of hydrogen-bond donors (Lipinski definition) is 1. The highest BCUT2D eigenvalue weighted by molar-refractivity contribution is 6.23. The van der Waals surface area contributed by atoms with Gasteiger partial charge in [-0.2, -0.15) is 0 Å². The monoisotopic (exact) mass is 760 g/mol. The largest absolute Gasteiger partial charge is 0.491 e. The van der Waals surface area contributed by atoms with Gasteiger partial charge >= 0.3 is 0 Å². The minimum absolute atomic E-state index is 0.107. The molecule has 6 heterocycles. The number of pyridine rings is 2. The first-order chi connectivity index (χ1) is 27.3. The van der Waals surface area contributed by atoms with Gasteiger partial charge in [-0.3, -0.25) is 29.2 Å². The summed E-state index contributed by atoms with van der Waals surface area (Å²) in [5, 5.41) is 4.97. The van der Waals surface area contributed by atoms with Gasteiger partial charge in [0, 0.05) is 78.9 Å². The number of hydrogen-bond acceptors (Lipinski definition) is 11. The number of carbonyl (C=O) groups is 3. The van der Waals surface area contributed by atoms with E-state index in [1.165, 1.54) is 11.5 Å². The molecule has 56 heavy (non-hydrogen) atoms. The molecule has 1 N–H and O–H groups in total. The van der Waals surface area contributed by atoms with E-state index >= 15 is 0 Å². The van der Waals surface area contributed by atoms with Gasteiger partial charge in [0.05, 0.1) is 56.3 Å². The number of benzene rings is 2. The van der Waals surface area contributed by atoms with Crippen molar-refractivity contribution in [1.82, 2.24) is 29.7 Å². The standard InChI is InChI=1S/C42H44N6O8/c1-27-3-9-37(40(49)45-27)48-41(50)33-8-6-30(22-34(33)42(48)51)55-20-19-54-18-17-53-16-15-52-14-13-47-25-31(26-47)56-39-10-5-29(23-44-39)28-4-7-32-35-24-43-12-11-36(35)46(2)38(32)21-28/h4-8,10-12,21-24,31,37H,1,3,9,13-20,25-26H2,2H3,(H,45,49). The fraction of sp³-hybridized carbons (Fsp3) is 0.357. The topological polar surface area (TPSA) is 147 Å². The molecule has 2 aromatic carbocycles. The van der Waals surface area contributed by atoms with Gasteiger partial charge in [0.25, 0.3) is 11.8 Å². The van der Waals surface area contributed by atoms with Crippen LogP contribution in [0.15, 0.2) is 85.5 Å². The molecule has 0 radical (unpaired) electrons. The van der Waals surface area contributed by atoms with Crippen molar-refractivity contribution in [1.29, 1.82) is 0 Å². The second kappa shape index (κ2) is 16.6. The van der Waals surface area contributed by atoms with Crippen LogP contribution in [0.1, 0.15) is 33.6 Å². The van der Waals surface area contributed by atoms with Gasteiger partial charge in [-0.25, -0.2) is 4.98 Å². The van der Waals surface area contributed by atoms with Crippen molar-refractivity contribution in [3.8, 4) is 22.8 Å². The summed E-state index contributed by atoms with van der Waals surface area (Å²) in [6.45, 7) is 9.22. The first-order valence-corrected chi connectivity index (χ1v) is 18.9. The Labute approximate surface area is 323 Å². The van der Waals surface area contributed by atoms with Crippen molar-refractivity contribution in [2.75, 3.05) is 65.9 Å². The molecule has 3 aliphatic rings. The molecule has 1 atom stereocenters. The Bertz CT molecular complexity index is 2270. The summed E-state index contributed by atoms with van der Waals surface area (Å²) in [5.74, 6) is -0.300. The predicted molar refractivity (Wildman–Crippen MR) is 208 cm³/mol. The van der Waals surface area contributed by atoms with Crippen molar-refractivity contribution in [2.45, 2.75) is 25.0 Å². The highest BCUT2D eigenvalue weighted by atomic mass is 16.6. The highest BCUT2D eigenvalue weighted by Crippen LogP contribution is 2.33. The maximum atomic E-state index is 13.0. The van der Waals surface area contributed by atoms with Crippen LogP contribution in [-0.2, 0) is 26.1 Å². The van der Waals surface area contributed by atoms with Crippen molar-refractivity contribution in [3.63, 3.8) is 0 Å². The number of piperidine rings is 1. The number of fused-ring (bicyclic) bond motifs is 4. The molecule has 2 saturated heterocycles. The summed E-state index contributed by atoms with van der Waals surface area (Å²) in [6.07, 6.45) is 6.58. The number of rotatable bonds is 17. The maximum Gasteiger partial charge on any atom is 0.262 e. The molecule has 3 amide bonds. The van der Waals surface area contributed by atoms with E-state index in [4.69, 9.17) is 23.7 Å². The van der Waals surface area contributed by atoms with Crippen LogP contribution in [0.3, 0.4) is 0 Å². The van der Waals surface area contributed by atoms with Crippen molar-refractivity contribution in [3.05, 3.63) is 96.6 Å². The molecule has 14 heteroatoms. The Morgan fingerprint density at radius 1 is 0.786 bits per heavy atom. The lowest BCUT2D eigenvalue weighted by Gasteiger charge is -2.38. The summed E-state index contributed by atoms with van der Waals surface area (Å²) in [5.41, 5.74) is 5.54. The zero-order chi connectivity index (χ0) is 38.6. The number of allylic oxidation sites excluding steroid dienone is 1. The van der Waals surface area contributed by atoms with Crippen molar-refractivity contribution in [2.24, 2.45) is 7.05 Å². The van der Waals surface area contributed by atoms with E-state index in [2.05, 4.69) is 62.6 Å². The number of likely N-dealkylation sites (tertiary alicyclic amines) is 1. The van der Waals surface area contributed by atoms with E-state index in [-0.39, 0.29) is 23.8 Å². The summed E-state index contributed by atoms with van der Waals surface area (Å²) in [6, 6.07) is 16.4. The summed E-state index contributed by atoms with van der Waals surface area (Å²) >= 11 is 0. The van der Waals surface area contributed by atoms with Gasteiger partial charge in [-0.15, -0.1) is 0 Å². The Morgan fingerprint density at radius 3 is 2.30 bits per heavy atom. The van der Waals surface area contributed by atoms with Gasteiger partial charge < -0.3 is 33.6 Å². The fourth-order valence-electron chi connectivity index (χ4n) is 7.38. The molecule has 0 saturated carbocycles. The lowest BCUT2D eigenvalue weighted by Crippen LogP contribution is -2.54. The molecule has 0 spiro atoms. The van der Waals surface area contributed by atoms with Gasteiger partial charge in [0.2, 0.25) is 11.8 Å². The lowest BCUT2D eigenvalue weighted by molar-refractivity contribution is -0.125. The molecule has 1 unspecified atom stereocenters. The normalized spacial score (nSPS) is 17.4. The Balaban J connectivity index is 0.652. The molecule has 8 rings (SSSR count). The van der Waals surface area contributed by atoms with Crippen LogP contribution in [0.2, 0.25) is 0 Å². The van der Waals surface area contributed by atoms with E-state index < -0.39 is 23.8 Å². The van der Waals surface area contributed by atoms with Crippen LogP contribution < -0.4 is 14.8 Å². The van der Waals surface area contributed by atoms with Crippen molar-refractivity contribution < 1.29 is 38.1 Å². The maximum absolute atomic E-state index is 13.0. The third-order valence-corrected chi connectivity index (χ3v) is 10.4. The second-order valence-corrected chi connectivity index (χ2v) is 14.1. The quantitative estimate of drug-likeness (QED) is 0.107. The van der Waals surface area contributed by atoms with Gasteiger partial charge in [0.1, 0.15) is 24.5 Å². The number of ether oxygens (including phenoxy) is 5. The molecule has 5 aromatic rings. The number of imide groups is 1. The second-order valence-electron chi connectivity index (χ2n) is 14.1. The zero-order valence-electron chi connectivity index (χ0n) is 31.3. The van der Waals surface area contributed by atoms with Crippen LogP contribution in [0.25, 0.3) is 32.9 Å². The summed E-state index contributed by atoms with van der Waals surface area (Å²) < 4.78 is 31.0. The number of nitrogens with zero attached hydrogens (tertiary/aromatic N) is 5. The van der Waals surface area contributed by atoms with Crippen LogP contribution in [0, 0.1) is 0 Å². The number of aryl methyl sites for hydroxylation is 1. The predicted octanol–water partition coefficient (Wildman–Crippen LogP) is 4.37. The molecule has 3 aliphatic heterocycles. The average molecular weight is 761 g/mol. The number of nitrogens with one attached hydrogen (secondary N) is 1. The fourth-order valence-corrected chi connectivity index (χ4v) is 7.38. The molecule has 0 bridgehead atoms. The Kier molecular flexibility index (Phi) is 11.0. The third-order valence-electron chi connectivity index (χ3n) is 10.4. The minimum Gasteiger partial charge on any atom is -0.491 e. The smallest absolute Gasteiger partial charge is 0.262 e. The van der Waals surface area contributed by atoms with E-state index in [1.807, 2.05) is 30.7 Å². The first-order valence-electron chi connectivity index (χ1n) is 18.9. The lowest BCUT2D eigenvalue weighted by atomic mass is 10.0. The molecule has 3 aromatic heterocycles. The Hall–Kier alpha value is -5.67. The van der Waals surface area contributed by atoms with E-state index in [9.17, 15) is 14.4 Å². The van der Waals surface area contributed by atoms with Crippen LogP contribution in [-0.4, -0.2) is 120 Å². The zero-order valence-corrected chi connectivity index (χ0v) is 31.3. The van der Waals surface area contributed by atoms with Gasteiger partial charge in [-0.1, -0.05) is 18.7 Å². The molecule has 0 aliphatic carbocycles. The van der Waals surface area contributed by atoms with E-state index in [0.29, 0.717) is 69.8 Å². The highest BCUT2D eigenvalue weighted by Gasteiger charge is 2.44. The number of carbonyl (C=O) groups excluding carboxylic acids is 3. The Morgan fingerprint density at radius 2 is 1.54 bits per heavy atom. The minimum atomic E-state index is -0.850. The molecule has 2 fully saturated rings. The SMILES string of the molecule is C=C1CCC(N2C(=O)c3ccc(OCCOCCOCCOCCN4CC(Oc5ccc(-c6ccc7c8cnccc8n(C)c7c6)cn5)C4)cc3C2=O)C(=O)N1. The van der Waals surface area contributed by atoms with E-state index in [0.717, 1.165) is 52.1 Å². The van der Waals surface area contributed by atoms with Gasteiger partial charge in [0.15, 0.2) is 0 Å². The van der Waals surface area contributed by atoms with Crippen LogP contribution in [0.4, 0.5) is 0 Å². The van der Waals surface area contributed by atoms with Crippen LogP contribution in [0.5, 0.6) is 11.6 Å². The number of amides is 3.